The lowest BCUT2D eigenvalue weighted by Crippen LogP contribution is -1.63. The van der Waals surface area contributed by atoms with Crippen molar-refractivity contribution < 1.29 is 0 Å². The Balaban J connectivity index is 0.000000490. The fraction of sp³-hybridized carbons (Fsp3) is 0.143. The molecule has 1 rings (SSSR count). The second-order valence-corrected chi connectivity index (χ2v) is 1.55. The van der Waals surface area contributed by atoms with Crippen molar-refractivity contribution in [2.75, 3.05) is 0 Å². The van der Waals surface area contributed by atoms with Crippen molar-refractivity contribution in [3.63, 3.8) is 0 Å². The zero-order valence-corrected chi connectivity index (χ0v) is 4.31. The quantitative estimate of drug-likeness (QED) is 0.443. The van der Waals surface area contributed by atoms with Crippen LogP contribution >= 0.6 is 0 Å². The number of rotatable bonds is 0. The zero-order chi connectivity index (χ0) is 5.11. The third-order valence-corrected chi connectivity index (χ3v) is 0.865. The summed E-state index contributed by atoms with van der Waals surface area (Å²) >= 11 is 0. The maximum Gasteiger partial charge on any atom is 0.316 e. The SMILES string of the molecule is Cc1[c]cccc1.[MgH2]. The molecule has 0 aliphatic carbocycles. The topological polar surface area (TPSA) is 0 Å². The molecule has 0 N–H and O–H groups in total. The van der Waals surface area contributed by atoms with Crippen LogP contribution in [0.5, 0.6) is 0 Å². The molecule has 0 aliphatic heterocycles. The highest BCUT2D eigenvalue weighted by Gasteiger charge is 1.73. The lowest BCUT2D eigenvalue weighted by molar-refractivity contribution is 1.46. The zero-order valence-electron chi connectivity index (χ0n) is 4.31. The molecular weight excluding hydrogens is 108 g/mol. The van der Waals surface area contributed by atoms with Crippen molar-refractivity contribution in [3.8, 4) is 0 Å². The van der Waals surface area contributed by atoms with Gasteiger partial charge in [0.2, 0.25) is 0 Å². The summed E-state index contributed by atoms with van der Waals surface area (Å²) in [4.78, 5) is 0. The minimum Gasteiger partial charge on any atom is -0.0620 e. The van der Waals surface area contributed by atoms with Gasteiger partial charge >= 0.3 is 23.1 Å². The summed E-state index contributed by atoms with van der Waals surface area (Å²) in [5.74, 6) is 0. The Labute approximate surface area is 66.1 Å². The molecule has 0 unspecified atom stereocenters. The number of hydrogen-bond acceptors (Lipinski definition) is 0. The van der Waals surface area contributed by atoms with Crippen LogP contribution in [-0.2, 0) is 0 Å². The fourth-order valence-electron chi connectivity index (χ4n) is 0.483. The van der Waals surface area contributed by atoms with Gasteiger partial charge in [-0.3, -0.25) is 0 Å². The second-order valence-electron chi connectivity index (χ2n) is 1.55. The van der Waals surface area contributed by atoms with E-state index in [1.165, 1.54) is 5.56 Å². The molecule has 0 fully saturated rings. The monoisotopic (exact) mass is 117 g/mol. The normalized spacial score (nSPS) is 7.62. The van der Waals surface area contributed by atoms with Gasteiger partial charge in [0.05, 0.1) is 0 Å². The number of aryl methyl sites for hydroxylation is 1. The molecule has 0 saturated carbocycles. The molecule has 0 atom stereocenters. The van der Waals surface area contributed by atoms with Crippen molar-refractivity contribution in [1.82, 2.24) is 0 Å². The van der Waals surface area contributed by atoms with Gasteiger partial charge in [0.15, 0.2) is 0 Å². The molecule has 0 amide bonds. The molecule has 8 heavy (non-hydrogen) atoms. The van der Waals surface area contributed by atoms with E-state index in [0.717, 1.165) is 0 Å². The minimum absolute atomic E-state index is 0. The highest BCUT2D eigenvalue weighted by Crippen LogP contribution is 1.90. The van der Waals surface area contributed by atoms with E-state index >= 15 is 0 Å². The molecule has 0 aliphatic rings. The Kier molecular flexibility index (Phi) is 3.92. The molecule has 1 aromatic rings. The first-order chi connectivity index (χ1) is 3.39. The maximum absolute atomic E-state index is 3.03. The summed E-state index contributed by atoms with van der Waals surface area (Å²) in [6, 6.07) is 10.9. The van der Waals surface area contributed by atoms with Gasteiger partial charge in [-0.2, -0.15) is 0 Å². The van der Waals surface area contributed by atoms with Crippen LogP contribution in [0.15, 0.2) is 24.3 Å². The van der Waals surface area contributed by atoms with Gasteiger partial charge in [0.25, 0.3) is 0 Å². The summed E-state index contributed by atoms with van der Waals surface area (Å²) in [7, 11) is 0. The third-order valence-electron chi connectivity index (χ3n) is 0.865. The number of benzene rings is 1. The van der Waals surface area contributed by atoms with Crippen LogP contribution in [0.25, 0.3) is 0 Å². The average molecular weight is 117 g/mol. The molecule has 1 aromatic carbocycles. The Morgan fingerprint density at radius 1 is 1.38 bits per heavy atom. The fourth-order valence-corrected chi connectivity index (χ4v) is 0.483. The van der Waals surface area contributed by atoms with Crippen molar-refractivity contribution in [2.45, 2.75) is 6.92 Å². The molecule has 1 radical (unpaired) electrons. The van der Waals surface area contributed by atoms with Gasteiger partial charge in [-0.05, 0) is 18.6 Å². The lowest BCUT2D eigenvalue weighted by Gasteiger charge is -1.81. The van der Waals surface area contributed by atoms with Crippen LogP contribution in [-0.4, -0.2) is 23.1 Å². The molecular formula is C7H9Mg. The van der Waals surface area contributed by atoms with Crippen molar-refractivity contribution in [2.24, 2.45) is 0 Å². The first-order valence-electron chi connectivity index (χ1n) is 2.33. The first kappa shape index (κ1) is 7.99. The first-order valence-corrected chi connectivity index (χ1v) is 2.33. The van der Waals surface area contributed by atoms with Crippen LogP contribution in [0.3, 0.4) is 0 Å². The third kappa shape index (κ3) is 2.33. The van der Waals surface area contributed by atoms with Gasteiger partial charge in [-0.15, -0.1) is 0 Å². The Hall–Kier alpha value is -0.0138. The van der Waals surface area contributed by atoms with Gasteiger partial charge in [0.1, 0.15) is 0 Å². The highest BCUT2D eigenvalue weighted by atomic mass is 24.3. The standard InChI is InChI=1S/C7H7.Mg.2H/c1-7-5-3-2-4-6-7;;;/h2-5H,1H3;;;. The van der Waals surface area contributed by atoms with Gasteiger partial charge in [0, 0.05) is 0 Å². The van der Waals surface area contributed by atoms with Crippen LogP contribution in [0.1, 0.15) is 5.56 Å². The largest absolute Gasteiger partial charge is 0.316 e. The Morgan fingerprint density at radius 3 is 2.38 bits per heavy atom. The maximum atomic E-state index is 3.03. The smallest absolute Gasteiger partial charge is 0.0620 e. The van der Waals surface area contributed by atoms with Crippen molar-refractivity contribution in [3.05, 3.63) is 35.9 Å². The Morgan fingerprint density at radius 2 is 2.12 bits per heavy atom. The van der Waals surface area contributed by atoms with E-state index in [4.69, 9.17) is 0 Å². The molecule has 0 aromatic heterocycles. The van der Waals surface area contributed by atoms with Gasteiger partial charge in [-0.1, -0.05) is 24.3 Å². The minimum atomic E-state index is 0. The van der Waals surface area contributed by atoms with Crippen LogP contribution in [0, 0.1) is 13.0 Å². The van der Waals surface area contributed by atoms with Crippen molar-refractivity contribution >= 4 is 23.1 Å². The molecule has 0 bridgehead atoms. The summed E-state index contributed by atoms with van der Waals surface area (Å²) in [5.41, 5.74) is 1.20. The molecule has 0 nitrogen and oxygen atoms in total. The van der Waals surface area contributed by atoms with E-state index in [0.29, 0.717) is 0 Å². The van der Waals surface area contributed by atoms with Crippen LogP contribution in [0.4, 0.5) is 0 Å². The van der Waals surface area contributed by atoms with E-state index in [9.17, 15) is 0 Å². The summed E-state index contributed by atoms with van der Waals surface area (Å²) in [6.07, 6.45) is 0. The Bertz CT molecular complexity index is 134. The highest BCUT2D eigenvalue weighted by molar-refractivity contribution is 5.75. The molecule has 0 heterocycles. The van der Waals surface area contributed by atoms with Crippen LogP contribution in [0.2, 0.25) is 0 Å². The lowest BCUT2D eigenvalue weighted by atomic mass is 10.2. The predicted octanol–water partition coefficient (Wildman–Crippen LogP) is 0.879. The van der Waals surface area contributed by atoms with Crippen molar-refractivity contribution in [1.29, 1.82) is 0 Å². The molecule has 0 saturated heterocycles. The molecule has 39 valence electrons. The number of hydrogen-bond donors (Lipinski definition) is 0. The van der Waals surface area contributed by atoms with E-state index < -0.39 is 0 Å². The van der Waals surface area contributed by atoms with E-state index in [1.807, 2.05) is 31.2 Å². The average Bonchev–Trinajstić information content (AvgIpc) is 1.69. The second kappa shape index (κ2) is 3.93. The van der Waals surface area contributed by atoms with E-state index in [-0.39, 0.29) is 23.1 Å². The van der Waals surface area contributed by atoms with Gasteiger partial charge < -0.3 is 0 Å². The molecule has 0 spiro atoms. The van der Waals surface area contributed by atoms with Crippen LogP contribution < -0.4 is 0 Å². The summed E-state index contributed by atoms with van der Waals surface area (Å²) in [5, 5.41) is 0. The van der Waals surface area contributed by atoms with E-state index in [2.05, 4.69) is 6.07 Å². The summed E-state index contributed by atoms with van der Waals surface area (Å²) in [6.45, 7) is 2.03. The molecule has 1 heteroatoms. The summed E-state index contributed by atoms with van der Waals surface area (Å²) < 4.78 is 0. The predicted molar refractivity (Wildman–Crippen MR) is 38.6 cm³/mol. The van der Waals surface area contributed by atoms with E-state index in [1.54, 1.807) is 0 Å². The van der Waals surface area contributed by atoms with Gasteiger partial charge in [-0.25, -0.2) is 0 Å².